The fourth-order valence-electron chi connectivity index (χ4n) is 6.04. The van der Waals surface area contributed by atoms with Gasteiger partial charge in [-0.1, -0.05) is 47.6 Å². The molecule has 3 heterocycles. The van der Waals surface area contributed by atoms with Gasteiger partial charge in [-0.25, -0.2) is 14.8 Å². The molecule has 14 heteroatoms. The Morgan fingerprint density at radius 1 is 1.15 bits per heavy atom. The van der Waals surface area contributed by atoms with Gasteiger partial charge >= 0.3 is 6.03 Å². The Morgan fingerprint density at radius 2 is 1.91 bits per heavy atom. The van der Waals surface area contributed by atoms with Gasteiger partial charge in [0, 0.05) is 19.5 Å². The lowest BCUT2D eigenvalue weighted by Gasteiger charge is -2.46. The Balaban J connectivity index is 1.31. The number of ether oxygens (including phenoxy) is 1. The minimum Gasteiger partial charge on any atom is -0.504 e. The van der Waals surface area contributed by atoms with Crippen LogP contribution >= 0.6 is 11.3 Å². The van der Waals surface area contributed by atoms with Crippen LogP contribution in [-0.2, 0) is 29.1 Å². The summed E-state index contributed by atoms with van der Waals surface area (Å²) in [6, 6.07) is 15.7. The number of piperazine rings is 1. The zero-order chi connectivity index (χ0) is 33.2. The third-order valence-electron chi connectivity index (χ3n) is 8.30. The molecule has 0 aliphatic carbocycles. The number of fused-ring (bicyclic) bond motifs is 2. The molecular formula is C33H33N7O6S. The van der Waals surface area contributed by atoms with Gasteiger partial charge in [-0.2, -0.15) is 5.01 Å². The zero-order valence-corrected chi connectivity index (χ0v) is 26.3. The van der Waals surface area contributed by atoms with Crippen LogP contribution in [-0.4, -0.2) is 91.8 Å². The summed E-state index contributed by atoms with van der Waals surface area (Å²) in [5, 5.41) is 26.2. The van der Waals surface area contributed by atoms with Crippen molar-refractivity contribution >= 4 is 44.5 Å². The van der Waals surface area contributed by atoms with Crippen molar-refractivity contribution in [3.63, 3.8) is 0 Å². The van der Waals surface area contributed by atoms with Crippen LogP contribution < -0.4 is 15.8 Å². The average Bonchev–Trinajstić information content (AvgIpc) is 3.61. The maximum absolute atomic E-state index is 14.2. The first-order valence-electron chi connectivity index (χ1n) is 14.8. The molecule has 0 spiro atoms. The molecule has 47 heavy (non-hydrogen) atoms. The number of urea groups is 1. The van der Waals surface area contributed by atoms with Gasteiger partial charge in [-0.05, 0) is 47.0 Å². The van der Waals surface area contributed by atoms with Crippen molar-refractivity contribution in [1.29, 1.82) is 0 Å². The number of rotatable bonds is 9. The smallest absolute Gasteiger partial charge is 0.333 e. The number of thiazole rings is 1. The molecule has 2 aliphatic rings. The van der Waals surface area contributed by atoms with Gasteiger partial charge in [0.2, 0.25) is 11.8 Å². The predicted molar refractivity (Wildman–Crippen MR) is 175 cm³/mol. The second-order valence-corrected chi connectivity index (χ2v) is 12.3. The van der Waals surface area contributed by atoms with Gasteiger partial charge in [0.15, 0.2) is 16.6 Å². The first-order chi connectivity index (χ1) is 22.7. The molecule has 2 saturated heterocycles. The number of nitrogens with one attached hydrogen (secondary N) is 1. The molecule has 0 bridgehead atoms. The van der Waals surface area contributed by atoms with E-state index in [0.717, 1.165) is 15.8 Å². The predicted octanol–water partition coefficient (Wildman–Crippen LogP) is 2.48. The van der Waals surface area contributed by atoms with E-state index in [9.17, 15) is 24.6 Å². The maximum atomic E-state index is 14.2. The van der Waals surface area contributed by atoms with E-state index in [4.69, 9.17) is 16.9 Å². The monoisotopic (exact) mass is 655 g/mol. The number of amides is 4. The number of terminal acetylenes is 1. The number of nitrogens with zero attached hydrogens (tertiary/aromatic N) is 5. The van der Waals surface area contributed by atoms with Crippen LogP contribution in [0.4, 0.5) is 9.93 Å². The van der Waals surface area contributed by atoms with Crippen molar-refractivity contribution < 1.29 is 29.3 Å². The number of nitrogens with two attached hydrogens (primary N) is 1. The number of para-hydroxylation sites is 1. The number of carbonyl (C=O) groups is 3. The summed E-state index contributed by atoms with van der Waals surface area (Å²) >= 11 is 1.35. The SMILES string of the molecule is C#CCN(C(=O)NCc1ccc(OC)cc1)N1CC(=O)N2[C@@H](Cc3ccc(O)c(O)c3)C(=O)N(Cc3cccc4sc(N)nc34)C[C@@H]21. The van der Waals surface area contributed by atoms with Crippen molar-refractivity contribution in [2.75, 3.05) is 32.5 Å². The number of phenols is 2. The van der Waals surface area contributed by atoms with Gasteiger partial charge in [0.1, 0.15) is 18.0 Å². The number of nitrogen functional groups attached to an aromatic ring is 1. The zero-order valence-electron chi connectivity index (χ0n) is 25.5. The number of aromatic nitrogens is 1. The molecule has 2 aliphatic heterocycles. The third-order valence-corrected chi connectivity index (χ3v) is 9.15. The van der Waals surface area contributed by atoms with E-state index in [2.05, 4.69) is 16.2 Å². The van der Waals surface area contributed by atoms with Crippen LogP contribution in [0.3, 0.4) is 0 Å². The number of aromatic hydroxyl groups is 2. The molecule has 4 aromatic rings. The van der Waals surface area contributed by atoms with Gasteiger partial charge in [0.25, 0.3) is 0 Å². The standard InChI is InChI=1S/C33H33N7O6S/c1-3-13-38(33(45)35-16-20-7-10-23(46-2)11-8-20)39-19-29(43)40-24(14-21-9-12-25(41)26(42)15-21)31(44)37(18-28(39)40)17-22-5-4-6-27-30(22)36-32(34)47-27/h1,4-12,15,24,28,41-42H,13-14,16-19H2,2H3,(H2,34,36)(H,35,45)/t24-,28+/m0/s1. The maximum Gasteiger partial charge on any atom is 0.333 e. The van der Waals surface area contributed by atoms with Crippen LogP contribution in [0.2, 0.25) is 0 Å². The van der Waals surface area contributed by atoms with Crippen molar-refractivity contribution in [3.8, 4) is 29.6 Å². The average molecular weight is 656 g/mol. The summed E-state index contributed by atoms with van der Waals surface area (Å²) in [6.45, 7) is 0.178. The van der Waals surface area contributed by atoms with Crippen molar-refractivity contribution in [3.05, 3.63) is 77.4 Å². The summed E-state index contributed by atoms with van der Waals surface area (Å²) in [5.41, 5.74) is 8.84. The minimum atomic E-state index is -0.968. The van der Waals surface area contributed by atoms with E-state index in [1.165, 1.54) is 33.4 Å². The number of benzene rings is 3. The summed E-state index contributed by atoms with van der Waals surface area (Å²) < 4.78 is 6.09. The molecular weight excluding hydrogens is 622 g/mol. The van der Waals surface area contributed by atoms with E-state index in [1.54, 1.807) is 35.2 Å². The second-order valence-electron chi connectivity index (χ2n) is 11.2. The summed E-state index contributed by atoms with van der Waals surface area (Å²) in [5.74, 6) is 1.91. The van der Waals surface area contributed by atoms with E-state index in [0.29, 0.717) is 22.0 Å². The Hall–Kier alpha value is -5.52. The van der Waals surface area contributed by atoms with E-state index in [-0.39, 0.29) is 62.5 Å². The lowest BCUT2D eigenvalue weighted by Crippen LogP contribution is -2.66. The lowest BCUT2D eigenvalue weighted by atomic mass is 9.99. The highest BCUT2D eigenvalue weighted by Gasteiger charge is 2.52. The number of methoxy groups -OCH3 is 1. The molecule has 1 aromatic heterocycles. The fraction of sp³-hybridized carbons (Fsp3) is 0.273. The number of phenolic OH excluding ortho intramolecular Hbond substituents is 2. The molecule has 242 valence electrons. The first-order valence-corrected chi connectivity index (χ1v) is 15.6. The van der Waals surface area contributed by atoms with Crippen LogP contribution in [0.15, 0.2) is 60.7 Å². The number of hydrazine groups is 1. The number of hydrogen-bond acceptors (Lipinski definition) is 10. The highest BCUT2D eigenvalue weighted by Crippen LogP contribution is 2.33. The van der Waals surface area contributed by atoms with Gasteiger partial charge in [-0.15, -0.1) is 6.42 Å². The van der Waals surface area contributed by atoms with Crippen molar-refractivity contribution in [2.24, 2.45) is 0 Å². The topological polar surface area (TPSA) is 165 Å². The molecule has 0 radical (unpaired) electrons. The number of hydrogen-bond donors (Lipinski definition) is 4. The van der Waals surface area contributed by atoms with Gasteiger partial charge in [-0.3, -0.25) is 9.59 Å². The van der Waals surface area contributed by atoms with Crippen LogP contribution in [0.5, 0.6) is 17.2 Å². The van der Waals surface area contributed by atoms with E-state index in [1.807, 2.05) is 30.3 Å². The van der Waals surface area contributed by atoms with E-state index >= 15 is 0 Å². The molecule has 2 fully saturated rings. The fourth-order valence-corrected chi connectivity index (χ4v) is 6.83. The Morgan fingerprint density at radius 3 is 2.64 bits per heavy atom. The molecule has 2 atom stereocenters. The summed E-state index contributed by atoms with van der Waals surface area (Å²) in [7, 11) is 1.57. The molecule has 13 nitrogen and oxygen atoms in total. The van der Waals surface area contributed by atoms with Crippen molar-refractivity contribution in [1.82, 2.24) is 30.1 Å². The highest BCUT2D eigenvalue weighted by atomic mass is 32.1. The van der Waals surface area contributed by atoms with Gasteiger partial charge in [0.05, 0.1) is 37.0 Å². The minimum absolute atomic E-state index is 0.0614. The largest absolute Gasteiger partial charge is 0.504 e. The molecule has 3 aromatic carbocycles. The quantitative estimate of drug-likeness (QED) is 0.157. The van der Waals surface area contributed by atoms with E-state index < -0.39 is 18.2 Å². The molecule has 4 amide bonds. The number of carbonyl (C=O) groups excluding carboxylic acids is 3. The first kappa shape index (κ1) is 31.5. The summed E-state index contributed by atoms with van der Waals surface area (Å²) in [4.78, 5) is 49.1. The van der Waals surface area contributed by atoms with Crippen LogP contribution in [0.25, 0.3) is 10.2 Å². The molecule has 0 unspecified atom stereocenters. The third kappa shape index (κ3) is 6.31. The second kappa shape index (κ2) is 13.1. The highest BCUT2D eigenvalue weighted by molar-refractivity contribution is 7.22. The normalized spacial score (nSPS) is 17.9. The molecule has 0 saturated carbocycles. The Labute approximate surface area is 274 Å². The Kier molecular flexibility index (Phi) is 8.75. The summed E-state index contributed by atoms with van der Waals surface area (Å²) in [6.07, 6.45) is 5.04. The lowest BCUT2D eigenvalue weighted by molar-refractivity contribution is -0.157. The van der Waals surface area contributed by atoms with Crippen LogP contribution in [0.1, 0.15) is 16.7 Å². The molecule has 5 N–H and O–H groups in total. The van der Waals surface area contributed by atoms with Crippen LogP contribution in [0, 0.1) is 12.3 Å². The molecule has 6 rings (SSSR count). The van der Waals surface area contributed by atoms with Crippen molar-refractivity contribution in [2.45, 2.75) is 31.7 Å². The number of anilines is 1. The Bertz CT molecular complexity index is 1870. The van der Waals surface area contributed by atoms with Gasteiger partial charge < -0.3 is 35.8 Å².